The highest BCUT2D eigenvalue weighted by Gasteiger charge is 2.22. The minimum absolute atomic E-state index is 0.0256. The van der Waals surface area contributed by atoms with Crippen molar-refractivity contribution in [2.75, 3.05) is 13.7 Å². The van der Waals surface area contributed by atoms with Crippen LogP contribution in [0.5, 0.6) is 11.5 Å². The fourth-order valence-electron chi connectivity index (χ4n) is 2.27. The number of ether oxygens (including phenoxy) is 2. The quantitative estimate of drug-likeness (QED) is 0.626. The van der Waals surface area contributed by atoms with Crippen molar-refractivity contribution >= 4 is 17.9 Å². The second-order valence-electron chi connectivity index (χ2n) is 6.72. The summed E-state index contributed by atoms with van der Waals surface area (Å²) in [7, 11) is 1.57. The van der Waals surface area contributed by atoms with Crippen LogP contribution in [0.15, 0.2) is 24.3 Å². The molecule has 0 saturated carbocycles. The van der Waals surface area contributed by atoms with E-state index in [9.17, 15) is 9.59 Å². The Balaban J connectivity index is 2.80. The van der Waals surface area contributed by atoms with Crippen molar-refractivity contribution in [3.8, 4) is 11.5 Å². The van der Waals surface area contributed by atoms with E-state index >= 15 is 0 Å². The maximum atomic E-state index is 12.1. The molecule has 0 aromatic heterocycles. The van der Waals surface area contributed by atoms with Crippen LogP contribution in [0, 0.1) is 11.8 Å². The van der Waals surface area contributed by atoms with Crippen LogP contribution < -0.4 is 20.5 Å². The number of methoxy groups -OCH3 is 1. The molecular weight excluding hydrogens is 332 g/mol. The SMILES string of the molecule is CCC(C)C(NC(=O)/C=C/c1ccc(OCC(C)C)c(OC)c1)C(N)=O. The molecule has 0 heterocycles. The van der Waals surface area contributed by atoms with E-state index in [1.165, 1.54) is 6.08 Å². The topological polar surface area (TPSA) is 90.7 Å². The van der Waals surface area contributed by atoms with E-state index < -0.39 is 11.9 Å². The molecule has 6 nitrogen and oxygen atoms in total. The van der Waals surface area contributed by atoms with Crippen molar-refractivity contribution in [2.45, 2.75) is 40.2 Å². The average molecular weight is 362 g/mol. The van der Waals surface area contributed by atoms with Crippen LogP contribution in [0.2, 0.25) is 0 Å². The van der Waals surface area contributed by atoms with Gasteiger partial charge in [-0.15, -0.1) is 0 Å². The van der Waals surface area contributed by atoms with Gasteiger partial charge in [-0.2, -0.15) is 0 Å². The monoisotopic (exact) mass is 362 g/mol. The van der Waals surface area contributed by atoms with Crippen molar-refractivity contribution in [2.24, 2.45) is 17.6 Å². The number of rotatable bonds is 10. The Morgan fingerprint density at radius 2 is 1.92 bits per heavy atom. The predicted molar refractivity (Wildman–Crippen MR) is 103 cm³/mol. The highest BCUT2D eigenvalue weighted by Crippen LogP contribution is 2.29. The van der Waals surface area contributed by atoms with Gasteiger partial charge in [0.2, 0.25) is 11.8 Å². The third-order valence-corrected chi connectivity index (χ3v) is 4.00. The van der Waals surface area contributed by atoms with E-state index in [0.29, 0.717) is 24.0 Å². The molecule has 0 radical (unpaired) electrons. The van der Waals surface area contributed by atoms with E-state index in [-0.39, 0.29) is 11.8 Å². The first-order valence-corrected chi connectivity index (χ1v) is 8.87. The second kappa shape index (κ2) is 10.5. The summed E-state index contributed by atoms with van der Waals surface area (Å²) in [5, 5.41) is 2.65. The summed E-state index contributed by atoms with van der Waals surface area (Å²) in [6.07, 6.45) is 3.77. The van der Waals surface area contributed by atoms with Crippen LogP contribution in [-0.2, 0) is 9.59 Å². The molecule has 1 rings (SSSR count). The maximum absolute atomic E-state index is 12.1. The number of amides is 2. The molecule has 0 spiro atoms. The lowest BCUT2D eigenvalue weighted by atomic mass is 9.98. The summed E-state index contributed by atoms with van der Waals surface area (Å²) >= 11 is 0. The summed E-state index contributed by atoms with van der Waals surface area (Å²) in [6.45, 7) is 8.55. The number of carbonyl (C=O) groups excluding carboxylic acids is 2. The first-order valence-electron chi connectivity index (χ1n) is 8.87. The molecule has 0 saturated heterocycles. The normalized spacial score (nSPS) is 13.5. The molecule has 3 N–H and O–H groups in total. The lowest BCUT2D eigenvalue weighted by molar-refractivity contribution is -0.126. The van der Waals surface area contributed by atoms with Crippen LogP contribution in [0.4, 0.5) is 0 Å². The zero-order valence-electron chi connectivity index (χ0n) is 16.2. The first-order chi connectivity index (χ1) is 12.3. The molecule has 144 valence electrons. The van der Waals surface area contributed by atoms with Crippen LogP contribution in [-0.4, -0.2) is 31.6 Å². The predicted octanol–water partition coefficient (Wildman–Crippen LogP) is 2.76. The molecule has 0 aliphatic carbocycles. The molecule has 2 unspecified atom stereocenters. The molecule has 2 amide bonds. The maximum Gasteiger partial charge on any atom is 0.244 e. The van der Waals surface area contributed by atoms with Gasteiger partial charge in [0.1, 0.15) is 6.04 Å². The zero-order chi connectivity index (χ0) is 19.7. The van der Waals surface area contributed by atoms with Crippen LogP contribution in [0.1, 0.15) is 39.7 Å². The number of hydrogen-bond donors (Lipinski definition) is 2. The molecule has 1 aromatic carbocycles. The average Bonchev–Trinajstić information content (AvgIpc) is 2.61. The molecule has 0 aliphatic heterocycles. The van der Waals surface area contributed by atoms with Gasteiger partial charge >= 0.3 is 0 Å². The van der Waals surface area contributed by atoms with E-state index in [4.69, 9.17) is 15.2 Å². The van der Waals surface area contributed by atoms with Crippen LogP contribution >= 0.6 is 0 Å². The Labute approximate surface area is 155 Å². The highest BCUT2D eigenvalue weighted by molar-refractivity contribution is 5.95. The minimum Gasteiger partial charge on any atom is -0.493 e. The van der Waals surface area contributed by atoms with Gasteiger partial charge in [-0.1, -0.05) is 40.2 Å². The fraction of sp³-hybridized carbons (Fsp3) is 0.500. The molecule has 2 atom stereocenters. The van der Waals surface area contributed by atoms with Gasteiger partial charge in [0.15, 0.2) is 11.5 Å². The summed E-state index contributed by atoms with van der Waals surface area (Å²) in [5.74, 6) is 0.743. The molecule has 0 bridgehead atoms. The number of nitrogens with one attached hydrogen (secondary N) is 1. The van der Waals surface area contributed by atoms with Gasteiger partial charge in [0, 0.05) is 6.08 Å². The van der Waals surface area contributed by atoms with Gasteiger partial charge in [-0.25, -0.2) is 0 Å². The lowest BCUT2D eigenvalue weighted by Gasteiger charge is -2.20. The zero-order valence-corrected chi connectivity index (χ0v) is 16.2. The van der Waals surface area contributed by atoms with E-state index in [2.05, 4.69) is 19.2 Å². The van der Waals surface area contributed by atoms with Crippen LogP contribution in [0.3, 0.4) is 0 Å². The van der Waals surface area contributed by atoms with Crippen molar-refractivity contribution in [1.29, 1.82) is 0 Å². The number of benzene rings is 1. The number of hydrogen-bond acceptors (Lipinski definition) is 4. The van der Waals surface area contributed by atoms with Gasteiger partial charge < -0.3 is 20.5 Å². The molecule has 0 fully saturated rings. The van der Waals surface area contributed by atoms with E-state index in [0.717, 1.165) is 12.0 Å². The minimum atomic E-state index is -0.682. The van der Waals surface area contributed by atoms with Crippen LogP contribution in [0.25, 0.3) is 6.08 Å². The molecule has 6 heteroatoms. The molecular formula is C20H30N2O4. The van der Waals surface area contributed by atoms with Gasteiger partial charge in [-0.3, -0.25) is 9.59 Å². The molecule has 26 heavy (non-hydrogen) atoms. The first kappa shape index (κ1) is 21.5. The second-order valence-corrected chi connectivity index (χ2v) is 6.72. The Hall–Kier alpha value is -2.50. The number of primary amides is 1. The smallest absolute Gasteiger partial charge is 0.244 e. The third kappa shape index (κ3) is 6.78. The number of nitrogens with two attached hydrogens (primary N) is 1. The molecule has 0 aliphatic rings. The summed E-state index contributed by atoms with van der Waals surface area (Å²) in [4.78, 5) is 23.6. The Kier molecular flexibility index (Phi) is 8.68. The lowest BCUT2D eigenvalue weighted by Crippen LogP contribution is -2.47. The van der Waals surface area contributed by atoms with Crippen molar-refractivity contribution < 1.29 is 19.1 Å². The van der Waals surface area contributed by atoms with Crippen molar-refractivity contribution in [3.63, 3.8) is 0 Å². The Morgan fingerprint density at radius 1 is 1.23 bits per heavy atom. The summed E-state index contributed by atoms with van der Waals surface area (Å²) in [5.41, 5.74) is 6.15. The van der Waals surface area contributed by atoms with E-state index in [1.807, 2.05) is 26.0 Å². The summed E-state index contributed by atoms with van der Waals surface area (Å²) < 4.78 is 11.1. The number of carbonyl (C=O) groups is 2. The van der Waals surface area contributed by atoms with E-state index in [1.54, 1.807) is 19.3 Å². The van der Waals surface area contributed by atoms with Crippen molar-refractivity contribution in [3.05, 3.63) is 29.8 Å². The molecule has 1 aromatic rings. The van der Waals surface area contributed by atoms with Gasteiger partial charge in [-0.05, 0) is 35.6 Å². The largest absolute Gasteiger partial charge is 0.493 e. The van der Waals surface area contributed by atoms with Gasteiger partial charge in [0.05, 0.1) is 13.7 Å². The summed E-state index contributed by atoms with van der Waals surface area (Å²) in [6, 6.07) is 4.75. The Morgan fingerprint density at radius 3 is 2.46 bits per heavy atom. The standard InChI is InChI=1S/C20H30N2O4/c1-6-14(4)19(20(21)24)22-18(23)10-8-15-7-9-16(17(11-15)25-5)26-12-13(2)3/h7-11,13-14,19H,6,12H2,1-5H3,(H2,21,24)(H,22,23)/b10-8+. The highest BCUT2D eigenvalue weighted by atomic mass is 16.5. The van der Waals surface area contributed by atoms with Gasteiger partial charge in [0.25, 0.3) is 0 Å². The fourth-order valence-corrected chi connectivity index (χ4v) is 2.27. The third-order valence-electron chi connectivity index (χ3n) is 4.00. The van der Waals surface area contributed by atoms with Crippen molar-refractivity contribution in [1.82, 2.24) is 5.32 Å². The Bertz CT molecular complexity index is 641.